The normalized spacial score (nSPS) is 14.8. The first kappa shape index (κ1) is 23.8. The van der Waals surface area contributed by atoms with E-state index in [9.17, 15) is 19.5 Å². The average molecular weight is 481 g/mol. The van der Waals surface area contributed by atoms with Crippen molar-refractivity contribution in [3.63, 3.8) is 0 Å². The number of carboxylic acids is 1. The van der Waals surface area contributed by atoms with Crippen LogP contribution in [0.4, 0.5) is 9.80 Å². The molecule has 1 aromatic heterocycles. The number of ether oxygens (including phenoxy) is 1. The van der Waals surface area contributed by atoms with Crippen LogP contribution in [0, 0.1) is 0 Å². The van der Waals surface area contributed by atoms with Gasteiger partial charge in [-0.1, -0.05) is 24.4 Å². The Labute approximate surface area is 194 Å². The van der Waals surface area contributed by atoms with Gasteiger partial charge in [0.05, 0.1) is 17.2 Å². The summed E-state index contributed by atoms with van der Waals surface area (Å²) in [6.07, 6.45) is 4.56. The van der Waals surface area contributed by atoms with Gasteiger partial charge in [-0.25, -0.2) is 4.79 Å². The highest BCUT2D eigenvalue weighted by molar-refractivity contribution is 7.20. The van der Waals surface area contributed by atoms with Crippen molar-refractivity contribution >= 4 is 45.8 Å². The third kappa shape index (κ3) is 6.12. The number of thiophene rings is 1. The number of rotatable bonds is 10. The zero-order valence-electron chi connectivity index (χ0n) is 17.2. The van der Waals surface area contributed by atoms with Crippen molar-refractivity contribution in [1.82, 2.24) is 5.32 Å². The van der Waals surface area contributed by atoms with Gasteiger partial charge in [0, 0.05) is 22.9 Å². The molecule has 1 aliphatic rings. The van der Waals surface area contributed by atoms with Crippen LogP contribution in [0.2, 0.25) is 5.02 Å². The molecule has 0 spiro atoms. The number of benzene rings is 1. The average Bonchev–Trinajstić information content (AvgIpc) is 3.36. The van der Waals surface area contributed by atoms with Crippen LogP contribution < -0.4 is 26.8 Å². The largest absolute Gasteiger partial charge is 0.493 e. The topological polar surface area (TPSA) is 157 Å². The second kappa shape index (κ2) is 10.7. The summed E-state index contributed by atoms with van der Waals surface area (Å²) < 4.78 is 5.71. The first-order chi connectivity index (χ1) is 15.2. The third-order valence-electron chi connectivity index (χ3n) is 5.21. The lowest BCUT2D eigenvalue weighted by atomic mass is 10.1. The molecule has 9 nitrogen and oxygen atoms in total. The Morgan fingerprint density at radius 3 is 2.53 bits per heavy atom. The smallest absolute Gasteiger partial charge is 0.320 e. The Balaban J connectivity index is 1.65. The Morgan fingerprint density at radius 2 is 1.94 bits per heavy atom. The van der Waals surface area contributed by atoms with Crippen molar-refractivity contribution in [3.05, 3.63) is 34.9 Å². The zero-order chi connectivity index (χ0) is 23.3. The number of carboxylic acid groups (broad SMARTS) is 1. The molecule has 3 amide bonds. The number of anilines is 1. The van der Waals surface area contributed by atoms with E-state index in [4.69, 9.17) is 27.8 Å². The zero-order valence-corrected chi connectivity index (χ0v) is 18.8. The van der Waals surface area contributed by atoms with Crippen molar-refractivity contribution in [2.24, 2.45) is 11.5 Å². The van der Waals surface area contributed by atoms with Gasteiger partial charge in [-0.2, -0.15) is 0 Å². The molecule has 0 bridgehead atoms. The standard InChI is InChI=1S/C21H25ClN4O5S/c22-15-9-12(31-8-7-16(20(28)29)25-11-3-1-2-4-11)5-6-13(15)17-10-14(18(23)27)19(32-17)26-21(24)30/h5-6,9-11,16,25H,1-4,7-8H2,(H2,23,27)(H,28,29)(H3,24,26,30)/t16-/m0/s1. The lowest BCUT2D eigenvalue weighted by Crippen LogP contribution is -2.43. The predicted octanol–water partition coefficient (Wildman–Crippen LogP) is 3.41. The van der Waals surface area contributed by atoms with Gasteiger partial charge in [0.25, 0.3) is 5.91 Å². The second-order valence-electron chi connectivity index (χ2n) is 7.52. The number of nitrogens with two attached hydrogens (primary N) is 2. The van der Waals surface area contributed by atoms with Gasteiger partial charge >= 0.3 is 12.0 Å². The van der Waals surface area contributed by atoms with Crippen LogP contribution in [0.3, 0.4) is 0 Å². The molecule has 1 aromatic carbocycles. The highest BCUT2D eigenvalue weighted by Gasteiger charge is 2.24. The van der Waals surface area contributed by atoms with Gasteiger partial charge in [0.1, 0.15) is 16.8 Å². The number of carbonyl (C=O) groups excluding carboxylic acids is 2. The molecule has 32 heavy (non-hydrogen) atoms. The molecule has 1 saturated carbocycles. The van der Waals surface area contributed by atoms with Gasteiger partial charge in [-0.3, -0.25) is 14.9 Å². The van der Waals surface area contributed by atoms with E-state index in [2.05, 4.69) is 10.6 Å². The third-order valence-corrected chi connectivity index (χ3v) is 6.60. The first-order valence-electron chi connectivity index (χ1n) is 10.2. The molecule has 1 fully saturated rings. The van der Waals surface area contributed by atoms with E-state index in [-0.39, 0.29) is 23.2 Å². The number of halogens is 1. The molecular weight excluding hydrogens is 456 g/mol. The van der Waals surface area contributed by atoms with Crippen LogP contribution >= 0.6 is 22.9 Å². The van der Waals surface area contributed by atoms with Crippen LogP contribution in [0.1, 0.15) is 42.5 Å². The van der Waals surface area contributed by atoms with Crippen molar-refractivity contribution in [3.8, 4) is 16.2 Å². The van der Waals surface area contributed by atoms with Crippen LogP contribution in [-0.2, 0) is 4.79 Å². The lowest BCUT2D eigenvalue weighted by Gasteiger charge is -2.19. The number of nitrogens with one attached hydrogen (secondary N) is 2. The summed E-state index contributed by atoms with van der Waals surface area (Å²) in [4.78, 5) is 35.0. The molecule has 1 heterocycles. The summed E-state index contributed by atoms with van der Waals surface area (Å²) in [7, 11) is 0. The molecule has 1 atom stereocenters. The summed E-state index contributed by atoms with van der Waals surface area (Å²) in [5.41, 5.74) is 11.3. The fraction of sp³-hybridized carbons (Fsp3) is 0.381. The highest BCUT2D eigenvalue weighted by atomic mass is 35.5. The van der Waals surface area contributed by atoms with Gasteiger partial charge in [-0.15, -0.1) is 11.3 Å². The number of carbonyl (C=O) groups is 3. The molecule has 7 N–H and O–H groups in total. The monoisotopic (exact) mass is 480 g/mol. The van der Waals surface area contributed by atoms with E-state index < -0.39 is 23.9 Å². The van der Waals surface area contributed by atoms with Crippen LogP contribution in [-0.4, -0.2) is 41.7 Å². The minimum atomic E-state index is -0.891. The van der Waals surface area contributed by atoms with Gasteiger partial charge in [0.15, 0.2) is 0 Å². The quantitative estimate of drug-likeness (QED) is 0.350. The number of aliphatic carboxylic acids is 1. The van der Waals surface area contributed by atoms with Crippen LogP contribution in [0.25, 0.3) is 10.4 Å². The van der Waals surface area contributed by atoms with Gasteiger partial charge in [0.2, 0.25) is 0 Å². The van der Waals surface area contributed by atoms with E-state index in [1.165, 1.54) is 6.07 Å². The van der Waals surface area contributed by atoms with E-state index in [1.54, 1.807) is 18.2 Å². The summed E-state index contributed by atoms with van der Waals surface area (Å²) in [6.45, 7) is 0.212. The Hall–Kier alpha value is -2.82. The fourth-order valence-corrected chi connectivity index (χ4v) is 5.08. The van der Waals surface area contributed by atoms with Crippen molar-refractivity contribution in [1.29, 1.82) is 0 Å². The maximum absolute atomic E-state index is 11.7. The Kier molecular flexibility index (Phi) is 7.94. The maximum atomic E-state index is 11.7. The highest BCUT2D eigenvalue weighted by Crippen LogP contribution is 2.39. The predicted molar refractivity (Wildman–Crippen MR) is 123 cm³/mol. The van der Waals surface area contributed by atoms with Crippen LogP contribution in [0.5, 0.6) is 5.75 Å². The second-order valence-corrected chi connectivity index (χ2v) is 8.98. The molecule has 0 radical (unpaired) electrons. The van der Waals surface area contributed by atoms with E-state index in [1.807, 2.05) is 0 Å². The minimum absolute atomic E-state index is 0.134. The molecular formula is C21H25ClN4O5S. The molecule has 1 aliphatic carbocycles. The molecule has 172 valence electrons. The number of amides is 3. The Bertz CT molecular complexity index is 1010. The van der Waals surface area contributed by atoms with Crippen molar-refractivity contribution in [2.75, 3.05) is 11.9 Å². The first-order valence-corrected chi connectivity index (χ1v) is 11.4. The maximum Gasteiger partial charge on any atom is 0.320 e. The number of urea groups is 1. The molecule has 3 rings (SSSR count). The van der Waals surface area contributed by atoms with Crippen LogP contribution in [0.15, 0.2) is 24.3 Å². The summed E-state index contributed by atoms with van der Waals surface area (Å²) >= 11 is 7.53. The Morgan fingerprint density at radius 1 is 1.22 bits per heavy atom. The number of hydrogen-bond acceptors (Lipinski definition) is 6. The number of hydrogen-bond donors (Lipinski definition) is 5. The van der Waals surface area contributed by atoms with E-state index in [0.29, 0.717) is 27.6 Å². The summed E-state index contributed by atoms with van der Waals surface area (Å²) in [5.74, 6) is -1.10. The fourth-order valence-electron chi connectivity index (χ4n) is 3.65. The molecule has 2 aromatic rings. The molecule has 0 unspecified atom stereocenters. The molecule has 0 saturated heterocycles. The SMILES string of the molecule is NC(=O)Nc1sc(-c2ccc(OCC[C@H](NC3CCCC3)C(=O)O)cc2Cl)cc1C(N)=O. The minimum Gasteiger partial charge on any atom is -0.493 e. The van der Waals surface area contributed by atoms with Crippen molar-refractivity contribution in [2.45, 2.75) is 44.2 Å². The molecule has 0 aliphatic heterocycles. The summed E-state index contributed by atoms with van der Waals surface area (Å²) in [5, 5.41) is 15.6. The summed E-state index contributed by atoms with van der Waals surface area (Å²) in [6, 6.07) is 5.34. The molecule has 11 heteroatoms. The van der Waals surface area contributed by atoms with E-state index >= 15 is 0 Å². The van der Waals surface area contributed by atoms with Crippen molar-refractivity contribution < 1.29 is 24.2 Å². The van der Waals surface area contributed by atoms with E-state index in [0.717, 1.165) is 37.0 Å². The lowest BCUT2D eigenvalue weighted by molar-refractivity contribution is -0.140. The van der Waals surface area contributed by atoms with Gasteiger partial charge in [-0.05, 0) is 37.1 Å². The van der Waals surface area contributed by atoms with Gasteiger partial charge < -0.3 is 26.6 Å². The number of primary amides is 2.